The van der Waals surface area contributed by atoms with Gasteiger partial charge < -0.3 is 41.6 Å². The Morgan fingerprint density at radius 2 is 1.53 bits per heavy atom. The maximum atomic E-state index is 13.2. The van der Waals surface area contributed by atoms with E-state index in [4.69, 9.17) is 25.7 Å². The lowest BCUT2D eigenvalue weighted by Gasteiger charge is -2.23. The summed E-state index contributed by atoms with van der Waals surface area (Å²) in [5, 5.41) is 10.2. The first kappa shape index (κ1) is 30.6. The Bertz CT molecular complexity index is 1810. The molecule has 3 aliphatic rings. The number of nitrogens with zero attached hydrogens (tertiary/aromatic N) is 1. The number of ether oxygens (including phenoxy) is 3. The molecule has 1 aromatic heterocycles. The van der Waals surface area contributed by atoms with Crippen molar-refractivity contribution in [3.63, 3.8) is 0 Å². The number of rotatable bonds is 12. The summed E-state index contributed by atoms with van der Waals surface area (Å²) in [6.07, 6.45) is 9.88. The number of anilines is 4. The number of nitrogen functional groups attached to an aromatic ring is 2. The van der Waals surface area contributed by atoms with E-state index in [1.54, 1.807) is 61.8 Å². The van der Waals surface area contributed by atoms with Gasteiger partial charge in [0.1, 0.15) is 23.5 Å². The fourth-order valence-corrected chi connectivity index (χ4v) is 6.28. The van der Waals surface area contributed by atoms with Crippen LogP contribution in [0.2, 0.25) is 0 Å². The number of benzene rings is 3. The molecule has 3 saturated carbocycles. The van der Waals surface area contributed by atoms with E-state index in [1.165, 1.54) is 25.7 Å². The second-order valence-corrected chi connectivity index (χ2v) is 13.0. The van der Waals surface area contributed by atoms with Crippen molar-refractivity contribution in [2.45, 2.75) is 62.9 Å². The molecule has 0 atom stereocenters. The molecule has 244 valence electrons. The van der Waals surface area contributed by atoms with E-state index in [2.05, 4.69) is 20.9 Å². The Morgan fingerprint density at radius 3 is 2.19 bits per heavy atom. The summed E-state index contributed by atoms with van der Waals surface area (Å²) in [6, 6.07) is 17.9. The predicted octanol–water partition coefficient (Wildman–Crippen LogP) is 6.00. The van der Waals surface area contributed by atoms with Crippen LogP contribution >= 0.6 is 0 Å². The number of nitrogens with one attached hydrogen (secondary N) is 3. The second kappa shape index (κ2) is 12.3. The van der Waals surface area contributed by atoms with Crippen molar-refractivity contribution in [2.24, 2.45) is 5.41 Å². The zero-order valence-electron chi connectivity index (χ0n) is 26.4. The van der Waals surface area contributed by atoms with Gasteiger partial charge in [0.25, 0.3) is 0 Å². The Kier molecular flexibility index (Phi) is 8.01. The standard InChI is InChI=1S/C36H40N6O5/c1-45-31-19-26-28(20-32(31)46-21-35(13-14-35)42-24-4-2-3-5-24)39-17-12-29(26)47-30-11-10-25(18-27(30)38)41-34(44)36(15-16-36)33(43)40-23-8-6-22(37)7-9-23/h6-12,17-20,24,42H,2-5,13-16,21,37-38H2,1H3,(H,40,43)(H,41,44). The van der Waals surface area contributed by atoms with Gasteiger partial charge in [0.05, 0.1) is 23.9 Å². The molecule has 2 amide bonds. The molecule has 3 fully saturated rings. The second-order valence-electron chi connectivity index (χ2n) is 13.0. The topological polar surface area (TPSA) is 163 Å². The molecule has 7 rings (SSSR count). The summed E-state index contributed by atoms with van der Waals surface area (Å²) in [5.41, 5.74) is 13.7. The third-order valence-corrected chi connectivity index (χ3v) is 9.49. The third kappa shape index (κ3) is 6.48. The molecule has 0 spiro atoms. The van der Waals surface area contributed by atoms with Crippen LogP contribution in [-0.4, -0.2) is 42.1 Å². The minimum Gasteiger partial charge on any atom is -0.493 e. The van der Waals surface area contributed by atoms with Crippen molar-refractivity contribution < 1.29 is 23.8 Å². The molecular weight excluding hydrogens is 596 g/mol. The SMILES string of the molecule is COc1cc2c(Oc3ccc(NC(=O)C4(C(=O)Nc5ccc(N)cc5)CC4)cc3N)ccnc2cc1OCC1(NC2CCCC2)CC1. The van der Waals surface area contributed by atoms with Crippen LogP contribution in [0.3, 0.4) is 0 Å². The Hall–Kier alpha value is -5.03. The first-order valence-electron chi connectivity index (χ1n) is 16.2. The third-order valence-electron chi connectivity index (χ3n) is 9.49. The van der Waals surface area contributed by atoms with Gasteiger partial charge in [-0.15, -0.1) is 0 Å². The lowest BCUT2D eigenvalue weighted by molar-refractivity contribution is -0.131. The zero-order valence-corrected chi connectivity index (χ0v) is 26.4. The number of pyridine rings is 1. The van der Waals surface area contributed by atoms with Crippen LogP contribution in [0.15, 0.2) is 66.9 Å². The Balaban J connectivity index is 1.02. The van der Waals surface area contributed by atoms with E-state index >= 15 is 0 Å². The number of fused-ring (bicyclic) bond motifs is 1. The summed E-state index contributed by atoms with van der Waals surface area (Å²) in [5.74, 6) is 1.44. The first-order chi connectivity index (χ1) is 22.8. The van der Waals surface area contributed by atoms with Gasteiger partial charge in [0.2, 0.25) is 11.8 Å². The number of nitrogens with two attached hydrogens (primary N) is 2. The van der Waals surface area contributed by atoms with Crippen LogP contribution in [0.5, 0.6) is 23.0 Å². The highest BCUT2D eigenvalue weighted by Crippen LogP contribution is 2.48. The smallest absolute Gasteiger partial charge is 0.240 e. The lowest BCUT2D eigenvalue weighted by atomic mass is 10.0. The van der Waals surface area contributed by atoms with Crippen molar-refractivity contribution in [3.8, 4) is 23.0 Å². The van der Waals surface area contributed by atoms with E-state index in [0.29, 0.717) is 76.8 Å². The number of amides is 2. The Morgan fingerprint density at radius 1 is 0.830 bits per heavy atom. The van der Waals surface area contributed by atoms with Crippen LogP contribution in [0.4, 0.5) is 22.7 Å². The normalized spacial score (nSPS) is 17.6. The first-order valence-corrected chi connectivity index (χ1v) is 16.2. The van der Waals surface area contributed by atoms with Crippen molar-refractivity contribution in [3.05, 3.63) is 66.9 Å². The molecule has 0 saturated heterocycles. The summed E-state index contributed by atoms with van der Waals surface area (Å²) in [7, 11) is 1.62. The number of hydrogen-bond acceptors (Lipinski definition) is 9. The number of aromatic nitrogens is 1. The minimum atomic E-state index is -1.13. The molecule has 1 heterocycles. The maximum absolute atomic E-state index is 13.2. The largest absolute Gasteiger partial charge is 0.493 e. The molecular formula is C36H40N6O5. The van der Waals surface area contributed by atoms with Crippen molar-refractivity contribution in [1.29, 1.82) is 0 Å². The van der Waals surface area contributed by atoms with E-state index in [0.717, 1.165) is 18.2 Å². The van der Waals surface area contributed by atoms with Crippen LogP contribution in [0.25, 0.3) is 10.9 Å². The van der Waals surface area contributed by atoms with Crippen LogP contribution in [0, 0.1) is 5.41 Å². The summed E-state index contributed by atoms with van der Waals surface area (Å²) in [4.78, 5) is 30.7. The van der Waals surface area contributed by atoms with Gasteiger partial charge >= 0.3 is 0 Å². The molecule has 0 radical (unpaired) electrons. The Labute approximate surface area is 273 Å². The molecule has 11 heteroatoms. The van der Waals surface area contributed by atoms with E-state index in [1.807, 2.05) is 12.1 Å². The van der Waals surface area contributed by atoms with Gasteiger partial charge in [-0.2, -0.15) is 0 Å². The van der Waals surface area contributed by atoms with E-state index < -0.39 is 5.41 Å². The molecule has 47 heavy (non-hydrogen) atoms. The van der Waals surface area contributed by atoms with Crippen LogP contribution in [0.1, 0.15) is 51.4 Å². The number of carbonyl (C=O) groups excluding carboxylic acids is 2. The fraction of sp³-hybridized carbons (Fsp3) is 0.361. The fourth-order valence-electron chi connectivity index (χ4n) is 6.28. The van der Waals surface area contributed by atoms with Crippen molar-refractivity contribution >= 4 is 45.5 Å². The molecule has 11 nitrogen and oxygen atoms in total. The van der Waals surface area contributed by atoms with Gasteiger partial charge in [-0.25, -0.2) is 0 Å². The monoisotopic (exact) mass is 636 g/mol. The average molecular weight is 637 g/mol. The lowest BCUT2D eigenvalue weighted by Crippen LogP contribution is -2.42. The maximum Gasteiger partial charge on any atom is 0.240 e. The minimum absolute atomic E-state index is 0.0415. The molecule has 0 unspecified atom stereocenters. The van der Waals surface area contributed by atoms with E-state index in [9.17, 15) is 9.59 Å². The van der Waals surface area contributed by atoms with E-state index in [-0.39, 0.29) is 17.4 Å². The summed E-state index contributed by atoms with van der Waals surface area (Å²) >= 11 is 0. The molecule has 4 aromatic rings. The quantitative estimate of drug-likeness (QED) is 0.0927. The van der Waals surface area contributed by atoms with Crippen molar-refractivity contribution in [2.75, 3.05) is 35.8 Å². The van der Waals surface area contributed by atoms with Gasteiger partial charge in [0.15, 0.2) is 11.5 Å². The zero-order chi connectivity index (χ0) is 32.6. The molecule has 3 aromatic carbocycles. The van der Waals surface area contributed by atoms with Gasteiger partial charge in [-0.1, -0.05) is 12.8 Å². The molecule has 7 N–H and O–H groups in total. The highest BCUT2D eigenvalue weighted by atomic mass is 16.5. The highest BCUT2D eigenvalue weighted by molar-refractivity contribution is 6.17. The number of carbonyl (C=O) groups is 2. The number of methoxy groups -OCH3 is 1. The summed E-state index contributed by atoms with van der Waals surface area (Å²) in [6.45, 7) is 0.579. The van der Waals surface area contributed by atoms with Gasteiger partial charge in [-0.05, 0) is 93.1 Å². The number of hydrogen-bond donors (Lipinski definition) is 5. The predicted molar refractivity (Wildman–Crippen MR) is 182 cm³/mol. The average Bonchev–Trinajstić information content (AvgIpc) is 3.99. The molecule has 3 aliphatic carbocycles. The van der Waals surface area contributed by atoms with Gasteiger partial charge in [0, 0.05) is 40.8 Å². The molecule has 0 bridgehead atoms. The van der Waals surface area contributed by atoms with Crippen molar-refractivity contribution in [1.82, 2.24) is 10.3 Å². The van der Waals surface area contributed by atoms with Gasteiger partial charge in [-0.3, -0.25) is 14.6 Å². The molecule has 0 aliphatic heterocycles. The van der Waals surface area contributed by atoms with Crippen LogP contribution < -0.4 is 41.6 Å². The highest BCUT2D eigenvalue weighted by Gasteiger charge is 2.56. The summed E-state index contributed by atoms with van der Waals surface area (Å²) < 4.78 is 18.3. The van der Waals surface area contributed by atoms with Crippen LogP contribution in [-0.2, 0) is 9.59 Å².